The zero-order valence-corrected chi connectivity index (χ0v) is 12.5. The Morgan fingerprint density at radius 3 is 2.41 bits per heavy atom. The average Bonchev–Trinajstić information content (AvgIpc) is 2.21. The molecule has 0 heterocycles. The van der Waals surface area contributed by atoms with Gasteiger partial charge in [-0.15, -0.1) is 0 Å². The third-order valence-electron chi connectivity index (χ3n) is 4.13. The third kappa shape index (κ3) is 3.96. The average molecular weight is 241 g/mol. The van der Waals surface area contributed by atoms with Gasteiger partial charge in [-0.2, -0.15) is 0 Å². The fraction of sp³-hybridized carbons (Fsp3) is 1.00. The summed E-state index contributed by atoms with van der Waals surface area (Å²) < 4.78 is 5.75. The van der Waals surface area contributed by atoms with Gasteiger partial charge in [0, 0.05) is 18.1 Å². The summed E-state index contributed by atoms with van der Waals surface area (Å²) in [6.07, 6.45) is 2.94. The highest BCUT2D eigenvalue weighted by molar-refractivity contribution is 5.02. The molecule has 0 spiro atoms. The lowest BCUT2D eigenvalue weighted by atomic mass is 9.64. The van der Waals surface area contributed by atoms with Crippen molar-refractivity contribution >= 4 is 0 Å². The lowest BCUT2D eigenvalue weighted by molar-refractivity contribution is -0.114. The van der Waals surface area contributed by atoms with Crippen molar-refractivity contribution in [2.24, 2.45) is 17.3 Å². The second kappa shape index (κ2) is 6.19. The van der Waals surface area contributed by atoms with Gasteiger partial charge in [-0.25, -0.2) is 0 Å². The summed E-state index contributed by atoms with van der Waals surface area (Å²) in [5.41, 5.74) is 0.299. The Bertz CT molecular complexity index is 225. The van der Waals surface area contributed by atoms with Crippen LogP contribution in [0.1, 0.15) is 54.4 Å². The first kappa shape index (κ1) is 15.0. The van der Waals surface area contributed by atoms with Crippen LogP contribution in [0.15, 0.2) is 0 Å². The molecule has 102 valence electrons. The molecule has 1 saturated carbocycles. The van der Waals surface area contributed by atoms with E-state index in [-0.39, 0.29) is 0 Å². The molecule has 2 nitrogen and oxygen atoms in total. The van der Waals surface area contributed by atoms with Crippen LogP contribution in [0.25, 0.3) is 0 Å². The van der Waals surface area contributed by atoms with E-state index < -0.39 is 0 Å². The van der Waals surface area contributed by atoms with Gasteiger partial charge in [0.2, 0.25) is 0 Å². The maximum Gasteiger partial charge on any atom is 0.0655 e. The largest absolute Gasteiger partial charge is 0.378 e. The van der Waals surface area contributed by atoms with Crippen LogP contribution in [-0.4, -0.2) is 25.3 Å². The second-order valence-corrected chi connectivity index (χ2v) is 6.70. The van der Waals surface area contributed by atoms with Crippen molar-refractivity contribution in [1.29, 1.82) is 0 Å². The standard InChI is InChI=1S/C15H31NO/c1-7-17-14-9-13(15(14,5)6)16-10-12(4)8-11(2)3/h11-14,16H,7-10H2,1-6H3. The van der Waals surface area contributed by atoms with Crippen molar-refractivity contribution in [2.45, 2.75) is 66.5 Å². The quantitative estimate of drug-likeness (QED) is 0.737. The van der Waals surface area contributed by atoms with E-state index >= 15 is 0 Å². The summed E-state index contributed by atoms with van der Waals surface area (Å²) in [7, 11) is 0. The van der Waals surface area contributed by atoms with Crippen molar-refractivity contribution in [3.63, 3.8) is 0 Å². The summed E-state index contributed by atoms with van der Waals surface area (Å²) in [5, 5.41) is 3.72. The monoisotopic (exact) mass is 241 g/mol. The second-order valence-electron chi connectivity index (χ2n) is 6.70. The van der Waals surface area contributed by atoms with Gasteiger partial charge in [0.15, 0.2) is 0 Å². The number of hydrogen-bond donors (Lipinski definition) is 1. The number of ether oxygens (including phenoxy) is 1. The van der Waals surface area contributed by atoms with E-state index in [9.17, 15) is 0 Å². The van der Waals surface area contributed by atoms with Gasteiger partial charge in [-0.3, -0.25) is 0 Å². The van der Waals surface area contributed by atoms with Crippen molar-refractivity contribution < 1.29 is 4.74 Å². The van der Waals surface area contributed by atoms with Crippen molar-refractivity contribution in [1.82, 2.24) is 5.32 Å². The van der Waals surface area contributed by atoms with E-state index in [0.29, 0.717) is 17.6 Å². The third-order valence-corrected chi connectivity index (χ3v) is 4.13. The Morgan fingerprint density at radius 2 is 1.94 bits per heavy atom. The van der Waals surface area contributed by atoms with E-state index in [2.05, 4.69) is 46.9 Å². The maximum atomic E-state index is 5.75. The first-order valence-corrected chi connectivity index (χ1v) is 7.22. The Labute approximate surface area is 108 Å². The number of hydrogen-bond acceptors (Lipinski definition) is 2. The number of nitrogens with one attached hydrogen (secondary N) is 1. The van der Waals surface area contributed by atoms with Crippen molar-refractivity contribution in [2.75, 3.05) is 13.2 Å². The highest BCUT2D eigenvalue weighted by Gasteiger charge is 2.48. The van der Waals surface area contributed by atoms with E-state index in [0.717, 1.165) is 25.0 Å². The van der Waals surface area contributed by atoms with Crippen LogP contribution in [0.4, 0.5) is 0 Å². The summed E-state index contributed by atoms with van der Waals surface area (Å²) >= 11 is 0. The Morgan fingerprint density at radius 1 is 1.29 bits per heavy atom. The van der Waals surface area contributed by atoms with Gasteiger partial charge in [-0.1, -0.05) is 34.6 Å². The Hall–Kier alpha value is -0.0800. The van der Waals surface area contributed by atoms with Crippen LogP contribution in [0.5, 0.6) is 0 Å². The van der Waals surface area contributed by atoms with Crippen LogP contribution in [0, 0.1) is 17.3 Å². The highest BCUT2D eigenvalue weighted by Crippen LogP contribution is 2.42. The SMILES string of the molecule is CCOC1CC(NCC(C)CC(C)C)C1(C)C. The summed E-state index contributed by atoms with van der Waals surface area (Å²) in [6, 6.07) is 0.633. The van der Waals surface area contributed by atoms with Crippen LogP contribution in [-0.2, 0) is 4.74 Å². The molecule has 1 N–H and O–H groups in total. The molecule has 1 rings (SSSR count). The summed E-state index contributed by atoms with van der Waals surface area (Å²) in [6.45, 7) is 15.7. The van der Waals surface area contributed by atoms with E-state index in [1.165, 1.54) is 12.8 Å². The van der Waals surface area contributed by atoms with E-state index in [4.69, 9.17) is 4.74 Å². The van der Waals surface area contributed by atoms with Crippen molar-refractivity contribution in [3.8, 4) is 0 Å². The molecule has 0 aliphatic heterocycles. The smallest absolute Gasteiger partial charge is 0.0655 e. The van der Waals surface area contributed by atoms with Gasteiger partial charge < -0.3 is 10.1 Å². The molecule has 0 aromatic rings. The minimum atomic E-state index is 0.299. The molecular formula is C15H31NO. The van der Waals surface area contributed by atoms with Crippen LogP contribution in [0.2, 0.25) is 0 Å². The lowest BCUT2D eigenvalue weighted by Gasteiger charge is -2.52. The van der Waals surface area contributed by atoms with Gasteiger partial charge in [-0.05, 0) is 38.1 Å². The van der Waals surface area contributed by atoms with E-state index in [1.54, 1.807) is 0 Å². The van der Waals surface area contributed by atoms with Gasteiger partial charge in [0.05, 0.1) is 6.10 Å². The lowest BCUT2D eigenvalue weighted by Crippen LogP contribution is -2.61. The van der Waals surface area contributed by atoms with Gasteiger partial charge >= 0.3 is 0 Å². The minimum Gasteiger partial charge on any atom is -0.378 e. The Kier molecular flexibility index (Phi) is 5.46. The molecule has 0 bridgehead atoms. The molecule has 1 aliphatic carbocycles. The van der Waals surface area contributed by atoms with Gasteiger partial charge in [0.25, 0.3) is 0 Å². The molecule has 2 heteroatoms. The van der Waals surface area contributed by atoms with E-state index in [1.807, 2.05) is 0 Å². The Balaban J connectivity index is 2.26. The molecule has 3 atom stereocenters. The molecule has 1 fully saturated rings. The topological polar surface area (TPSA) is 21.3 Å². The highest BCUT2D eigenvalue weighted by atomic mass is 16.5. The fourth-order valence-electron chi connectivity index (χ4n) is 2.95. The summed E-state index contributed by atoms with van der Waals surface area (Å²) in [5.74, 6) is 1.58. The molecule has 1 aliphatic rings. The predicted octanol–water partition coefficient (Wildman–Crippen LogP) is 3.46. The summed E-state index contributed by atoms with van der Waals surface area (Å²) in [4.78, 5) is 0. The maximum absolute atomic E-state index is 5.75. The minimum absolute atomic E-state index is 0.299. The molecule has 0 radical (unpaired) electrons. The first-order chi connectivity index (χ1) is 7.87. The van der Waals surface area contributed by atoms with Gasteiger partial charge in [0.1, 0.15) is 0 Å². The molecule has 0 aromatic heterocycles. The molecule has 0 saturated heterocycles. The predicted molar refractivity (Wildman–Crippen MR) is 74.2 cm³/mol. The van der Waals surface area contributed by atoms with Crippen molar-refractivity contribution in [3.05, 3.63) is 0 Å². The normalized spacial score (nSPS) is 29.1. The van der Waals surface area contributed by atoms with Crippen LogP contribution < -0.4 is 5.32 Å². The zero-order valence-electron chi connectivity index (χ0n) is 12.5. The zero-order chi connectivity index (χ0) is 13.1. The van der Waals surface area contributed by atoms with Crippen LogP contribution in [0.3, 0.4) is 0 Å². The first-order valence-electron chi connectivity index (χ1n) is 7.22. The molecule has 0 amide bonds. The molecule has 0 aromatic carbocycles. The fourth-order valence-corrected chi connectivity index (χ4v) is 2.95. The molecule has 3 unspecified atom stereocenters. The molecule has 17 heavy (non-hydrogen) atoms. The molecular weight excluding hydrogens is 210 g/mol. The number of rotatable bonds is 7. The van der Waals surface area contributed by atoms with Crippen LogP contribution >= 0.6 is 0 Å².